The highest BCUT2D eigenvalue weighted by Gasteiger charge is 2.77. The predicted octanol–water partition coefficient (Wildman–Crippen LogP) is 3.66. The second-order valence-electron chi connectivity index (χ2n) is 12.1. The Kier molecular flexibility index (Phi) is 9.31. The minimum atomic E-state index is -0.866. The maximum absolute atomic E-state index is 14.9. The summed E-state index contributed by atoms with van der Waals surface area (Å²) in [5, 5.41) is 19.1. The van der Waals surface area contributed by atoms with Crippen LogP contribution in [0.5, 0.6) is 0 Å². The normalized spacial score (nSPS) is 29.0. The number of thioether (sulfide) groups is 1. The number of rotatable bonds is 14. The Morgan fingerprint density at radius 2 is 2.07 bits per heavy atom. The third kappa shape index (κ3) is 5.18. The molecule has 1 spiro atoms. The van der Waals surface area contributed by atoms with E-state index in [1.807, 2.05) is 38.1 Å². The van der Waals surface area contributed by atoms with E-state index in [0.717, 1.165) is 23.9 Å². The number of para-hydroxylation sites is 1. The van der Waals surface area contributed by atoms with Crippen molar-refractivity contribution in [3.05, 3.63) is 49.6 Å². The van der Waals surface area contributed by atoms with Gasteiger partial charge < -0.3 is 19.6 Å². The molecule has 3 saturated heterocycles. The predicted molar refractivity (Wildman–Crippen MR) is 166 cm³/mol. The number of fused-ring (bicyclic) bond motifs is 2. The fraction of sp³-hybridized carbons (Fsp3) is 0.594. The smallest absolute Gasteiger partial charge is 0.310 e. The van der Waals surface area contributed by atoms with Gasteiger partial charge >= 0.3 is 5.97 Å². The highest BCUT2D eigenvalue weighted by molar-refractivity contribution is 8.02. The second kappa shape index (κ2) is 12.8. The lowest BCUT2D eigenvalue weighted by Crippen LogP contribution is -2.60. The van der Waals surface area contributed by atoms with Crippen LogP contribution in [0.4, 0.5) is 0 Å². The van der Waals surface area contributed by atoms with E-state index in [1.165, 1.54) is 0 Å². The van der Waals surface area contributed by atoms with E-state index in [9.17, 15) is 19.5 Å². The number of ether oxygens (including phenoxy) is 1. The number of hydrogen-bond donors (Lipinski definition) is 1. The van der Waals surface area contributed by atoms with Gasteiger partial charge in [0.2, 0.25) is 11.8 Å². The number of hydrogen-bond acceptors (Lipinski definition) is 8. The molecule has 3 aliphatic rings. The molecule has 2 aromatic rings. The van der Waals surface area contributed by atoms with Gasteiger partial charge in [0.1, 0.15) is 18.2 Å². The number of allylic oxidation sites excluding steroid dienone is 1. The molecule has 0 saturated carbocycles. The van der Waals surface area contributed by atoms with E-state index < -0.39 is 28.7 Å². The fourth-order valence-corrected chi connectivity index (χ4v) is 9.80. The molecule has 1 aromatic carbocycles. The summed E-state index contributed by atoms with van der Waals surface area (Å²) in [6.07, 6.45) is 6.28. The Bertz CT molecular complexity index is 1380. The van der Waals surface area contributed by atoms with Gasteiger partial charge in [-0.3, -0.25) is 14.4 Å². The first-order valence-corrected chi connectivity index (χ1v) is 16.2. The number of nitrogens with zero attached hydrogens (tertiary/aromatic N) is 5. The summed E-state index contributed by atoms with van der Waals surface area (Å²) >= 11 is 1.61. The van der Waals surface area contributed by atoms with Crippen molar-refractivity contribution in [1.29, 1.82) is 0 Å². The van der Waals surface area contributed by atoms with Gasteiger partial charge in [-0.1, -0.05) is 56.7 Å². The van der Waals surface area contributed by atoms with E-state index in [-0.39, 0.29) is 61.3 Å². The second-order valence-corrected chi connectivity index (χ2v) is 13.6. The van der Waals surface area contributed by atoms with Gasteiger partial charge in [-0.05, 0) is 43.2 Å². The van der Waals surface area contributed by atoms with Crippen LogP contribution < -0.4 is 0 Å². The van der Waals surface area contributed by atoms with Crippen LogP contribution in [0.25, 0.3) is 11.0 Å². The molecule has 1 N–H and O–H groups in total. The number of carbonyl (C=O) groups excluding carboxylic acids is 3. The zero-order valence-corrected chi connectivity index (χ0v) is 26.1. The van der Waals surface area contributed by atoms with Crippen molar-refractivity contribution in [2.24, 2.45) is 23.7 Å². The number of amides is 2. The SMILES string of the molecule is C=CCCCOC(=O)[C@@H]1[C@H]2C(=O)N([C@@H](CO)[C@@H](C)CC)C(C(=O)N(CC=C)Cn3nnc4ccccc43)C23S[C@@H]1CC3C. The molecule has 8 atom stereocenters. The van der Waals surface area contributed by atoms with Crippen LogP contribution in [-0.2, 0) is 25.8 Å². The molecule has 3 fully saturated rings. The van der Waals surface area contributed by atoms with Crippen LogP contribution in [0.3, 0.4) is 0 Å². The van der Waals surface area contributed by atoms with Gasteiger partial charge in [0.05, 0.1) is 41.4 Å². The highest BCUT2D eigenvalue weighted by atomic mass is 32.2. The summed E-state index contributed by atoms with van der Waals surface area (Å²) in [5.41, 5.74) is 1.51. The van der Waals surface area contributed by atoms with Crippen LogP contribution in [-0.4, -0.2) is 89.5 Å². The molecular weight excluding hydrogens is 566 g/mol. The molecule has 43 heavy (non-hydrogen) atoms. The average Bonchev–Trinajstić information content (AvgIpc) is 3.73. The molecule has 10 nitrogen and oxygen atoms in total. The van der Waals surface area contributed by atoms with Crippen molar-refractivity contribution in [2.45, 2.75) is 75.2 Å². The molecule has 3 unspecified atom stereocenters. The zero-order valence-electron chi connectivity index (χ0n) is 25.3. The summed E-state index contributed by atoms with van der Waals surface area (Å²) in [6.45, 7) is 14.1. The Balaban J connectivity index is 1.55. The monoisotopic (exact) mass is 609 g/mol. The molecular formula is C32H43N5O5S. The lowest BCUT2D eigenvalue weighted by Gasteiger charge is -2.43. The maximum Gasteiger partial charge on any atom is 0.310 e. The Hall–Kier alpha value is -3.18. The number of aromatic nitrogens is 3. The molecule has 232 valence electrons. The van der Waals surface area contributed by atoms with Crippen molar-refractivity contribution in [2.75, 3.05) is 19.8 Å². The van der Waals surface area contributed by atoms with Gasteiger partial charge in [0, 0.05) is 11.8 Å². The van der Waals surface area contributed by atoms with E-state index in [2.05, 4.69) is 30.4 Å². The van der Waals surface area contributed by atoms with Crippen LogP contribution in [0.15, 0.2) is 49.6 Å². The fourth-order valence-electron chi connectivity index (χ4n) is 7.41. The molecule has 5 rings (SSSR count). The van der Waals surface area contributed by atoms with Gasteiger partial charge in [-0.2, -0.15) is 0 Å². The number of benzene rings is 1. The third-order valence-electron chi connectivity index (χ3n) is 9.72. The molecule has 2 amide bonds. The standard InChI is InChI=1S/C32H43N5O5S/c1-6-9-12-16-42-31(41)26-25-17-21(5)32(43-25)27(26)29(39)37(24(18-38)20(4)8-3)28(32)30(40)35(15-7-2)19-36-23-14-11-10-13-22(23)33-34-36/h6-7,10-11,13-14,20-21,24-28,38H,1-2,8-9,12,15-19H2,3-5H3/t20-,21?,24-,25+,26-,27-,28?,32?/m0/s1. The van der Waals surface area contributed by atoms with Gasteiger partial charge in [0.15, 0.2) is 0 Å². The molecule has 4 heterocycles. The summed E-state index contributed by atoms with van der Waals surface area (Å²) in [4.78, 5) is 46.3. The molecule has 3 aliphatic heterocycles. The molecule has 1 aromatic heterocycles. The van der Waals surface area contributed by atoms with Crippen LogP contribution in [0, 0.1) is 23.7 Å². The number of aliphatic hydroxyl groups is 1. The minimum absolute atomic E-state index is 0.00530. The number of aliphatic hydroxyl groups excluding tert-OH is 1. The van der Waals surface area contributed by atoms with Crippen molar-refractivity contribution in [1.82, 2.24) is 24.8 Å². The summed E-state index contributed by atoms with van der Waals surface area (Å²) in [5.74, 6) is -2.26. The van der Waals surface area contributed by atoms with Crippen LogP contribution in [0.2, 0.25) is 0 Å². The summed E-state index contributed by atoms with van der Waals surface area (Å²) in [7, 11) is 0. The van der Waals surface area contributed by atoms with Crippen molar-refractivity contribution in [3.63, 3.8) is 0 Å². The number of unbranched alkanes of at least 4 members (excludes halogenated alkanes) is 1. The Morgan fingerprint density at radius 1 is 1.30 bits per heavy atom. The van der Waals surface area contributed by atoms with Gasteiger partial charge in [-0.15, -0.1) is 30.0 Å². The molecule has 0 aliphatic carbocycles. The zero-order chi connectivity index (χ0) is 30.9. The number of esters is 1. The first kappa shape index (κ1) is 31.3. The topological polar surface area (TPSA) is 118 Å². The van der Waals surface area contributed by atoms with Gasteiger partial charge in [-0.25, -0.2) is 4.68 Å². The lowest BCUT2D eigenvalue weighted by atomic mass is 9.66. The van der Waals surface area contributed by atoms with Gasteiger partial charge in [0.25, 0.3) is 0 Å². The third-order valence-corrected chi connectivity index (χ3v) is 11.8. The summed E-state index contributed by atoms with van der Waals surface area (Å²) in [6, 6.07) is 6.11. The Morgan fingerprint density at radius 3 is 2.77 bits per heavy atom. The molecule has 0 radical (unpaired) electrons. The van der Waals surface area contributed by atoms with Crippen LogP contribution in [0.1, 0.15) is 46.5 Å². The minimum Gasteiger partial charge on any atom is -0.465 e. The summed E-state index contributed by atoms with van der Waals surface area (Å²) < 4.78 is 6.56. The Labute approximate surface area is 257 Å². The van der Waals surface area contributed by atoms with Crippen molar-refractivity contribution < 1.29 is 24.2 Å². The average molecular weight is 610 g/mol. The maximum atomic E-state index is 14.9. The van der Waals surface area contributed by atoms with Crippen molar-refractivity contribution >= 4 is 40.6 Å². The molecule has 11 heteroatoms. The van der Waals surface area contributed by atoms with E-state index in [1.54, 1.807) is 38.4 Å². The van der Waals surface area contributed by atoms with E-state index in [0.29, 0.717) is 12.8 Å². The lowest BCUT2D eigenvalue weighted by molar-refractivity contribution is -0.155. The molecule has 2 bridgehead atoms. The van der Waals surface area contributed by atoms with Crippen LogP contribution >= 0.6 is 11.8 Å². The highest BCUT2D eigenvalue weighted by Crippen LogP contribution is 2.69. The number of carbonyl (C=O) groups is 3. The van der Waals surface area contributed by atoms with Crippen molar-refractivity contribution in [3.8, 4) is 0 Å². The first-order chi connectivity index (χ1) is 20.7. The first-order valence-electron chi connectivity index (χ1n) is 15.3. The quantitative estimate of drug-likeness (QED) is 0.196. The van der Waals surface area contributed by atoms with E-state index in [4.69, 9.17) is 4.74 Å². The largest absolute Gasteiger partial charge is 0.465 e. The number of likely N-dealkylation sites (tertiary alicyclic amines) is 1. The van der Waals surface area contributed by atoms with E-state index >= 15 is 0 Å².